The predicted octanol–water partition coefficient (Wildman–Crippen LogP) is 6.03. The molecule has 0 saturated carbocycles. The molecule has 0 unspecified atom stereocenters. The largest absolute Gasteiger partial charge is 0.478 e. The van der Waals surface area contributed by atoms with Crippen molar-refractivity contribution in [1.82, 2.24) is 14.5 Å². The first-order valence-electron chi connectivity index (χ1n) is 12.9. The van der Waals surface area contributed by atoms with E-state index in [1.165, 1.54) is 6.07 Å². The molecule has 7 nitrogen and oxygen atoms in total. The minimum atomic E-state index is -1.05. The van der Waals surface area contributed by atoms with E-state index in [1.807, 2.05) is 34.9 Å². The van der Waals surface area contributed by atoms with Gasteiger partial charge in [-0.15, -0.1) is 0 Å². The van der Waals surface area contributed by atoms with Gasteiger partial charge in [-0.05, 0) is 53.9 Å². The van der Waals surface area contributed by atoms with Crippen molar-refractivity contribution in [2.75, 3.05) is 6.61 Å². The quantitative estimate of drug-likeness (QED) is 0.245. The summed E-state index contributed by atoms with van der Waals surface area (Å²) in [6.45, 7) is 1.39. The second-order valence-corrected chi connectivity index (χ2v) is 9.66. The molecule has 1 aliphatic heterocycles. The molecule has 6 rings (SSSR count). The van der Waals surface area contributed by atoms with Gasteiger partial charge in [0.2, 0.25) is 5.88 Å². The first-order valence-corrected chi connectivity index (χ1v) is 12.9. The number of aromatic nitrogens is 3. The van der Waals surface area contributed by atoms with Crippen LogP contribution in [0.5, 0.6) is 5.88 Å². The Bertz CT molecular complexity index is 1700. The molecule has 5 aromatic rings. The standard InChI is InChI=1S/C31H25F2N3O4/c32-24-16-23(26-7-4-8-30(35-26)40-18-19-5-2-1-3-6-19)25(33)13-21(24)15-29-34-27-10-9-20(31(37)38)14-28(27)36(29)17-22-11-12-39-22/h1-10,13-14,16,22H,11-12,15,17-18H2,(H,37,38)/t22-/m0/s1. The number of hydrogen-bond acceptors (Lipinski definition) is 5. The molecule has 1 fully saturated rings. The average Bonchev–Trinajstić information content (AvgIpc) is 3.28. The second-order valence-electron chi connectivity index (χ2n) is 9.66. The maximum absolute atomic E-state index is 15.4. The van der Waals surface area contributed by atoms with Gasteiger partial charge >= 0.3 is 5.97 Å². The molecule has 0 bridgehead atoms. The number of ether oxygens (including phenoxy) is 2. The van der Waals surface area contributed by atoms with Gasteiger partial charge in [0.15, 0.2) is 0 Å². The predicted molar refractivity (Wildman–Crippen MR) is 144 cm³/mol. The van der Waals surface area contributed by atoms with Gasteiger partial charge in [-0.1, -0.05) is 36.4 Å². The molecule has 0 amide bonds. The number of aromatic carboxylic acids is 1. The number of rotatable bonds is 9. The van der Waals surface area contributed by atoms with Crippen molar-refractivity contribution in [3.8, 4) is 17.1 Å². The lowest BCUT2D eigenvalue weighted by Gasteiger charge is -2.27. The van der Waals surface area contributed by atoms with Gasteiger partial charge in [0.05, 0.1) is 34.9 Å². The maximum atomic E-state index is 15.4. The number of benzene rings is 3. The summed E-state index contributed by atoms with van der Waals surface area (Å²) in [6, 6.07) is 21.5. The third kappa shape index (κ3) is 5.28. The molecule has 2 aromatic heterocycles. The molecule has 1 atom stereocenters. The van der Waals surface area contributed by atoms with E-state index in [-0.39, 0.29) is 34.9 Å². The average molecular weight is 542 g/mol. The van der Waals surface area contributed by atoms with Crippen LogP contribution in [0.1, 0.15) is 33.7 Å². The van der Waals surface area contributed by atoms with Crippen LogP contribution in [0.25, 0.3) is 22.3 Å². The molecule has 0 spiro atoms. The zero-order valence-electron chi connectivity index (χ0n) is 21.4. The molecule has 3 heterocycles. The van der Waals surface area contributed by atoms with Crippen LogP contribution in [0, 0.1) is 11.6 Å². The van der Waals surface area contributed by atoms with Crippen molar-refractivity contribution in [3.63, 3.8) is 0 Å². The zero-order valence-corrected chi connectivity index (χ0v) is 21.4. The van der Waals surface area contributed by atoms with Crippen LogP contribution in [0.4, 0.5) is 8.78 Å². The Morgan fingerprint density at radius 2 is 1.82 bits per heavy atom. The number of nitrogens with zero attached hydrogens (tertiary/aromatic N) is 3. The Morgan fingerprint density at radius 3 is 2.58 bits per heavy atom. The lowest BCUT2D eigenvalue weighted by Crippen LogP contribution is -2.31. The van der Waals surface area contributed by atoms with Crippen LogP contribution >= 0.6 is 0 Å². The summed E-state index contributed by atoms with van der Waals surface area (Å²) in [4.78, 5) is 20.5. The topological polar surface area (TPSA) is 86.5 Å². The number of pyridine rings is 1. The number of hydrogen-bond donors (Lipinski definition) is 1. The van der Waals surface area contributed by atoms with Crippen LogP contribution in [-0.2, 0) is 24.3 Å². The second kappa shape index (κ2) is 10.9. The van der Waals surface area contributed by atoms with Gasteiger partial charge < -0.3 is 19.1 Å². The van der Waals surface area contributed by atoms with E-state index >= 15 is 8.78 Å². The molecule has 9 heteroatoms. The van der Waals surface area contributed by atoms with Gasteiger partial charge in [0.25, 0.3) is 0 Å². The molecule has 202 valence electrons. The van der Waals surface area contributed by atoms with Crippen LogP contribution in [0.15, 0.2) is 78.9 Å². The normalized spacial score (nSPS) is 14.7. The number of carboxylic acids is 1. The molecule has 3 aromatic carbocycles. The highest BCUT2D eigenvalue weighted by atomic mass is 19.1. The minimum Gasteiger partial charge on any atom is -0.478 e. The van der Waals surface area contributed by atoms with E-state index in [4.69, 9.17) is 9.47 Å². The molecule has 1 N–H and O–H groups in total. The van der Waals surface area contributed by atoms with Gasteiger partial charge in [-0.2, -0.15) is 0 Å². The SMILES string of the molecule is O=C(O)c1ccc2nc(Cc3cc(F)c(-c4cccc(OCc5ccccc5)n4)cc3F)n(C[C@@H]3CCO3)c2c1. The summed E-state index contributed by atoms with van der Waals surface area (Å²) in [7, 11) is 0. The van der Waals surface area contributed by atoms with Gasteiger partial charge in [0, 0.05) is 24.7 Å². The third-order valence-corrected chi connectivity index (χ3v) is 6.97. The summed E-state index contributed by atoms with van der Waals surface area (Å²) >= 11 is 0. The molecule has 1 saturated heterocycles. The molecular formula is C31H25F2N3O4. The fraction of sp³-hybridized carbons (Fsp3) is 0.194. The van der Waals surface area contributed by atoms with Crippen LogP contribution in [-0.4, -0.2) is 38.3 Å². The minimum absolute atomic E-state index is 0.0144. The highest BCUT2D eigenvalue weighted by Crippen LogP contribution is 2.29. The Labute approximate surface area is 228 Å². The maximum Gasteiger partial charge on any atom is 0.335 e. The number of halogens is 2. The summed E-state index contributed by atoms with van der Waals surface area (Å²) in [6.07, 6.45) is 0.827. The van der Waals surface area contributed by atoms with E-state index in [0.717, 1.165) is 24.1 Å². The fourth-order valence-corrected chi connectivity index (χ4v) is 4.74. The number of carboxylic acid groups (broad SMARTS) is 1. The summed E-state index contributed by atoms with van der Waals surface area (Å²) in [5.41, 5.74) is 2.68. The van der Waals surface area contributed by atoms with Crippen molar-refractivity contribution in [1.29, 1.82) is 0 Å². The number of imidazole rings is 1. The Kier molecular flexibility index (Phi) is 6.96. The zero-order chi connectivity index (χ0) is 27.6. The van der Waals surface area contributed by atoms with E-state index in [2.05, 4.69) is 9.97 Å². The lowest BCUT2D eigenvalue weighted by molar-refractivity contribution is -0.0589. The highest BCUT2D eigenvalue weighted by Gasteiger charge is 2.23. The van der Waals surface area contributed by atoms with Crippen molar-refractivity contribution in [3.05, 3.63) is 113 Å². The Balaban J connectivity index is 1.28. The monoisotopic (exact) mass is 541 g/mol. The summed E-state index contributed by atoms with van der Waals surface area (Å²) in [5, 5.41) is 9.44. The van der Waals surface area contributed by atoms with E-state index in [0.29, 0.717) is 42.5 Å². The van der Waals surface area contributed by atoms with Crippen molar-refractivity contribution in [2.24, 2.45) is 0 Å². The Hall–Kier alpha value is -4.63. The summed E-state index contributed by atoms with van der Waals surface area (Å²) < 4.78 is 43.9. The van der Waals surface area contributed by atoms with E-state index in [1.54, 1.807) is 30.3 Å². The van der Waals surface area contributed by atoms with Crippen molar-refractivity contribution in [2.45, 2.75) is 32.1 Å². The molecule has 1 aliphatic rings. The van der Waals surface area contributed by atoms with Gasteiger partial charge in [-0.25, -0.2) is 23.5 Å². The molecule has 0 radical (unpaired) electrons. The fourth-order valence-electron chi connectivity index (χ4n) is 4.74. The van der Waals surface area contributed by atoms with Crippen molar-refractivity contribution >= 4 is 17.0 Å². The van der Waals surface area contributed by atoms with Crippen LogP contribution < -0.4 is 4.74 Å². The molecule has 40 heavy (non-hydrogen) atoms. The van der Waals surface area contributed by atoms with Crippen molar-refractivity contribution < 1.29 is 28.2 Å². The third-order valence-electron chi connectivity index (χ3n) is 6.97. The van der Waals surface area contributed by atoms with Gasteiger partial charge in [0.1, 0.15) is 24.1 Å². The van der Waals surface area contributed by atoms with E-state index in [9.17, 15) is 9.90 Å². The summed E-state index contributed by atoms with van der Waals surface area (Å²) in [5.74, 6) is -1.48. The lowest BCUT2D eigenvalue weighted by atomic mass is 10.0. The first-order chi connectivity index (χ1) is 19.4. The van der Waals surface area contributed by atoms with Gasteiger partial charge in [-0.3, -0.25) is 0 Å². The number of fused-ring (bicyclic) bond motifs is 1. The van der Waals surface area contributed by atoms with Crippen LogP contribution in [0.3, 0.4) is 0 Å². The number of carbonyl (C=O) groups is 1. The first kappa shape index (κ1) is 25.6. The molecule has 0 aliphatic carbocycles. The van der Waals surface area contributed by atoms with Crippen LogP contribution in [0.2, 0.25) is 0 Å². The van der Waals surface area contributed by atoms with E-state index < -0.39 is 17.6 Å². The highest BCUT2D eigenvalue weighted by molar-refractivity contribution is 5.92. The molecular weight excluding hydrogens is 516 g/mol. The Morgan fingerprint density at radius 1 is 1.00 bits per heavy atom. The smallest absolute Gasteiger partial charge is 0.335 e.